The van der Waals surface area contributed by atoms with Gasteiger partial charge >= 0.3 is 0 Å². The molecule has 0 atom stereocenters. The molecule has 2 aromatic heterocycles. The van der Waals surface area contributed by atoms with E-state index in [2.05, 4.69) is 20.0 Å². The highest BCUT2D eigenvalue weighted by Gasteiger charge is 2.18. The molecule has 0 saturated carbocycles. The first-order valence-corrected chi connectivity index (χ1v) is 9.11. The van der Waals surface area contributed by atoms with Gasteiger partial charge in [-0.2, -0.15) is 0 Å². The molecule has 0 bridgehead atoms. The molecule has 8 heteroatoms. The highest BCUT2D eigenvalue weighted by molar-refractivity contribution is 7.89. The lowest BCUT2D eigenvalue weighted by Gasteiger charge is -2.11. The number of hydrogen-bond acceptors (Lipinski definition) is 6. The molecule has 0 amide bonds. The van der Waals surface area contributed by atoms with E-state index < -0.39 is 10.0 Å². The lowest BCUT2D eigenvalue weighted by atomic mass is 10.3. The van der Waals surface area contributed by atoms with Gasteiger partial charge in [0, 0.05) is 31.1 Å². The summed E-state index contributed by atoms with van der Waals surface area (Å²) >= 11 is 1.50. The summed E-state index contributed by atoms with van der Waals surface area (Å²) in [6, 6.07) is 3.17. The second kappa shape index (κ2) is 7.48. The second-order valence-electron chi connectivity index (χ2n) is 4.40. The maximum absolute atomic E-state index is 12.3. The highest BCUT2D eigenvalue weighted by atomic mass is 32.2. The van der Waals surface area contributed by atoms with Crippen molar-refractivity contribution in [3.63, 3.8) is 0 Å². The minimum atomic E-state index is -3.57. The van der Waals surface area contributed by atoms with Crippen molar-refractivity contribution in [2.45, 2.75) is 24.7 Å². The van der Waals surface area contributed by atoms with Gasteiger partial charge in [-0.3, -0.25) is 0 Å². The van der Waals surface area contributed by atoms with Crippen LogP contribution in [0.1, 0.15) is 19.0 Å². The molecule has 0 radical (unpaired) electrons. The summed E-state index contributed by atoms with van der Waals surface area (Å²) in [5.74, 6) is 0.389. The van der Waals surface area contributed by atoms with Crippen molar-refractivity contribution in [1.82, 2.24) is 14.7 Å². The minimum absolute atomic E-state index is 0.178. The van der Waals surface area contributed by atoms with Crippen LogP contribution in [-0.2, 0) is 16.4 Å². The van der Waals surface area contributed by atoms with E-state index in [9.17, 15) is 8.42 Å². The molecule has 0 saturated heterocycles. The second-order valence-corrected chi connectivity index (χ2v) is 6.86. The van der Waals surface area contributed by atoms with Gasteiger partial charge in [0.2, 0.25) is 10.0 Å². The zero-order valence-electron chi connectivity index (χ0n) is 11.7. The first-order chi connectivity index (χ1) is 10.1. The average Bonchev–Trinajstić information content (AvgIpc) is 2.98. The number of hydrogen-bond donors (Lipinski definition) is 2. The van der Waals surface area contributed by atoms with Gasteiger partial charge in [0.15, 0.2) is 0 Å². The van der Waals surface area contributed by atoms with E-state index in [1.165, 1.54) is 11.3 Å². The summed E-state index contributed by atoms with van der Waals surface area (Å²) in [6.45, 7) is 3.00. The van der Waals surface area contributed by atoms with Crippen molar-refractivity contribution in [3.8, 4) is 0 Å². The molecule has 0 aromatic carbocycles. The Morgan fingerprint density at radius 3 is 2.86 bits per heavy atom. The standard InChI is InChI=1S/C13H18N4O2S2/c1-2-6-14-13-12(4-3-7-15-13)21(18,19)17-8-5-11-9-20-10-16-11/h3-4,7,9-10,17H,2,5-6,8H2,1H3,(H,14,15). The van der Waals surface area contributed by atoms with Crippen molar-refractivity contribution in [1.29, 1.82) is 0 Å². The molecular formula is C13H18N4O2S2. The minimum Gasteiger partial charge on any atom is -0.369 e. The summed E-state index contributed by atoms with van der Waals surface area (Å²) < 4.78 is 27.3. The molecule has 0 spiro atoms. The molecule has 2 rings (SSSR count). The lowest BCUT2D eigenvalue weighted by molar-refractivity contribution is 0.581. The number of pyridine rings is 1. The molecule has 0 unspecified atom stereocenters. The van der Waals surface area contributed by atoms with Crippen LogP contribution in [0.15, 0.2) is 34.1 Å². The number of anilines is 1. The van der Waals surface area contributed by atoms with Crippen molar-refractivity contribution >= 4 is 27.2 Å². The molecule has 0 aliphatic carbocycles. The molecule has 6 nitrogen and oxygen atoms in total. The van der Waals surface area contributed by atoms with E-state index in [0.29, 0.717) is 25.3 Å². The van der Waals surface area contributed by atoms with E-state index in [1.807, 2.05) is 12.3 Å². The van der Waals surface area contributed by atoms with Gasteiger partial charge in [-0.25, -0.2) is 23.1 Å². The summed E-state index contributed by atoms with van der Waals surface area (Å²) in [7, 11) is -3.57. The van der Waals surface area contributed by atoms with Crippen LogP contribution in [0.25, 0.3) is 0 Å². The van der Waals surface area contributed by atoms with Gasteiger partial charge in [-0.1, -0.05) is 6.92 Å². The Labute approximate surface area is 128 Å². The molecular weight excluding hydrogens is 308 g/mol. The van der Waals surface area contributed by atoms with Crippen LogP contribution in [-0.4, -0.2) is 31.5 Å². The van der Waals surface area contributed by atoms with Gasteiger partial charge in [-0.05, 0) is 18.6 Å². The van der Waals surface area contributed by atoms with Crippen LogP contribution in [0.2, 0.25) is 0 Å². The van der Waals surface area contributed by atoms with Crippen LogP contribution < -0.4 is 10.0 Å². The van der Waals surface area contributed by atoms with Gasteiger partial charge in [0.05, 0.1) is 11.2 Å². The SMILES string of the molecule is CCCNc1ncccc1S(=O)(=O)NCCc1cscn1. The van der Waals surface area contributed by atoms with Crippen LogP contribution in [0.5, 0.6) is 0 Å². The zero-order chi connectivity index (χ0) is 15.1. The third kappa shape index (κ3) is 4.48. The molecule has 2 heterocycles. The molecule has 0 fully saturated rings. The smallest absolute Gasteiger partial charge is 0.244 e. The summed E-state index contributed by atoms with van der Waals surface area (Å²) in [4.78, 5) is 8.40. The van der Waals surface area contributed by atoms with Crippen LogP contribution in [0.3, 0.4) is 0 Å². The Morgan fingerprint density at radius 2 is 2.14 bits per heavy atom. The van der Waals surface area contributed by atoms with E-state index in [4.69, 9.17) is 0 Å². The van der Waals surface area contributed by atoms with E-state index in [1.54, 1.807) is 23.8 Å². The predicted molar refractivity (Wildman–Crippen MR) is 84.0 cm³/mol. The van der Waals surface area contributed by atoms with Crippen LogP contribution in [0, 0.1) is 0 Å². The van der Waals surface area contributed by atoms with Gasteiger partial charge in [0.1, 0.15) is 10.7 Å². The third-order valence-electron chi connectivity index (χ3n) is 2.76. The van der Waals surface area contributed by atoms with Crippen molar-refractivity contribution < 1.29 is 8.42 Å². The van der Waals surface area contributed by atoms with Crippen LogP contribution >= 0.6 is 11.3 Å². The van der Waals surface area contributed by atoms with Gasteiger partial charge in [0.25, 0.3) is 0 Å². The number of nitrogens with one attached hydrogen (secondary N) is 2. The number of rotatable bonds is 8. The summed E-state index contributed by atoms with van der Waals surface area (Å²) in [5, 5.41) is 4.94. The van der Waals surface area contributed by atoms with Crippen molar-refractivity contribution in [3.05, 3.63) is 34.9 Å². The number of nitrogens with zero attached hydrogens (tertiary/aromatic N) is 2. The Bertz CT molecular complexity index is 657. The Balaban J connectivity index is 2.04. The van der Waals surface area contributed by atoms with Crippen LogP contribution in [0.4, 0.5) is 5.82 Å². The van der Waals surface area contributed by atoms with Gasteiger partial charge in [-0.15, -0.1) is 11.3 Å². The topological polar surface area (TPSA) is 84.0 Å². The lowest BCUT2D eigenvalue weighted by Crippen LogP contribution is -2.27. The third-order valence-corrected chi connectivity index (χ3v) is 4.89. The Morgan fingerprint density at radius 1 is 1.29 bits per heavy atom. The van der Waals surface area contributed by atoms with Crippen molar-refractivity contribution in [2.24, 2.45) is 0 Å². The Hall–Kier alpha value is -1.51. The number of thiazole rings is 1. The summed E-state index contributed by atoms with van der Waals surface area (Å²) in [5.41, 5.74) is 2.62. The molecule has 0 aliphatic heterocycles. The molecule has 2 aromatic rings. The molecule has 2 N–H and O–H groups in total. The molecule has 114 valence electrons. The van der Waals surface area contributed by atoms with Gasteiger partial charge < -0.3 is 5.32 Å². The van der Waals surface area contributed by atoms with E-state index in [-0.39, 0.29) is 4.90 Å². The number of sulfonamides is 1. The van der Waals surface area contributed by atoms with Crippen molar-refractivity contribution in [2.75, 3.05) is 18.4 Å². The average molecular weight is 326 g/mol. The Kier molecular flexibility index (Phi) is 5.66. The normalized spacial score (nSPS) is 11.5. The number of aromatic nitrogens is 2. The quantitative estimate of drug-likeness (QED) is 0.774. The monoisotopic (exact) mass is 326 g/mol. The summed E-state index contributed by atoms with van der Waals surface area (Å²) in [6.07, 6.45) is 3.04. The first kappa shape index (κ1) is 15.9. The predicted octanol–water partition coefficient (Wildman–Crippen LogP) is 1.88. The fraction of sp³-hybridized carbons (Fsp3) is 0.385. The largest absolute Gasteiger partial charge is 0.369 e. The van der Waals surface area contributed by atoms with E-state index in [0.717, 1.165) is 12.1 Å². The molecule has 21 heavy (non-hydrogen) atoms. The highest BCUT2D eigenvalue weighted by Crippen LogP contribution is 2.17. The fourth-order valence-corrected chi connectivity index (χ4v) is 3.49. The molecule has 0 aliphatic rings. The zero-order valence-corrected chi connectivity index (χ0v) is 13.4. The maximum Gasteiger partial charge on any atom is 0.244 e. The van der Waals surface area contributed by atoms with E-state index >= 15 is 0 Å². The fourth-order valence-electron chi connectivity index (χ4n) is 1.74. The first-order valence-electron chi connectivity index (χ1n) is 6.69. The maximum atomic E-state index is 12.3.